The van der Waals surface area contributed by atoms with Crippen molar-refractivity contribution in [2.75, 3.05) is 61.7 Å². The Balaban J connectivity index is 0.000000116. The summed E-state index contributed by atoms with van der Waals surface area (Å²) in [5.41, 5.74) is 6.96. The molecular weight excluding hydrogens is 1940 g/mol. The van der Waals surface area contributed by atoms with Gasteiger partial charge in [-0.2, -0.15) is 20.4 Å². The minimum atomic E-state index is -0.689. The molecule has 24 rings (SSSR count). The van der Waals surface area contributed by atoms with Crippen LogP contribution in [0.5, 0.6) is 34.5 Å². The van der Waals surface area contributed by atoms with Crippen LogP contribution in [-0.4, -0.2) is 291 Å². The predicted octanol–water partition coefficient (Wildman–Crippen LogP) is 8.45. The molecule has 50 nitrogen and oxygen atoms in total. The Hall–Kier alpha value is -19.6. The van der Waals surface area contributed by atoms with E-state index in [9.17, 15) is 43.5 Å². The Morgan fingerprint density at radius 1 is 0.322 bits per heavy atom. The molecule has 0 atom stereocenters. The molecule has 750 valence electrons. The van der Waals surface area contributed by atoms with Crippen LogP contribution in [0.4, 0.5) is 0 Å². The monoisotopic (exact) mass is 2030 g/mol. The molecule has 4 amide bonds. The van der Waals surface area contributed by atoms with E-state index in [-0.39, 0.29) is 60.7 Å². The lowest BCUT2D eigenvalue weighted by Gasteiger charge is -2.27. The Morgan fingerprint density at radius 3 is 0.933 bits per heavy atom. The van der Waals surface area contributed by atoms with Crippen molar-refractivity contribution >= 4 is 102 Å². The van der Waals surface area contributed by atoms with Crippen molar-refractivity contribution in [3.8, 4) is 103 Å². The summed E-state index contributed by atoms with van der Waals surface area (Å²) < 4.78 is 41.0. The highest BCUT2D eigenvalue weighted by Gasteiger charge is 2.39. The van der Waals surface area contributed by atoms with E-state index >= 15 is 0 Å². The lowest BCUT2D eigenvalue weighted by molar-refractivity contribution is -0.128. The van der Waals surface area contributed by atoms with E-state index < -0.39 is 46.8 Å². The van der Waals surface area contributed by atoms with E-state index in [0.29, 0.717) is 216 Å². The molecule has 149 heavy (non-hydrogen) atoms. The molecule has 0 saturated heterocycles. The molecule has 20 aromatic rings. The van der Waals surface area contributed by atoms with Gasteiger partial charge in [0.1, 0.15) is 83.1 Å². The Bertz CT molecular complexity index is 8490. The maximum atomic E-state index is 13.5. The number of fused-ring (bicyclic) bond motifs is 8. The van der Waals surface area contributed by atoms with Crippen molar-refractivity contribution in [3.63, 3.8) is 0 Å². The minimum absolute atomic E-state index is 0.0922. The number of carbonyl (C=O) groups excluding carboxylic acids is 8. The van der Waals surface area contributed by atoms with Crippen LogP contribution < -0.4 is 23.7 Å². The number of aryl methyl sites for hydroxylation is 5. The van der Waals surface area contributed by atoms with Gasteiger partial charge >= 0.3 is 0 Å². The second kappa shape index (κ2) is 39.6. The average molecular weight is 2030 g/mol. The molecule has 0 spiro atoms. The van der Waals surface area contributed by atoms with E-state index in [1.807, 2.05) is 91.9 Å². The summed E-state index contributed by atoms with van der Waals surface area (Å²) in [5, 5.41) is 64.0. The predicted molar refractivity (Wildman–Crippen MR) is 528 cm³/mol. The molecular formula is C98H87ClN36O14. The summed E-state index contributed by atoms with van der Waals surface area (Å²) in [6.07, 6.45) is 18.0. The topological polar surface area (TPSA) is 576 Å². The van der Waals surface area contributed by atoms with Gasteiger partial charge in [0, 0.05) is 88.3 Å². The number of methoxy groups -OCH3 is 5. The number of carbonyl (C=O) groups is 8. The van der Waals surface area contributed by atoms with Gasteiger partial charge in [0.2, 0.25) is 0 Å². The number of para-hydroxylation sites is 2. The zero-order chi connectivity index (χ0) is 103. The van der Waals surface area contributed by atoms with Crippen LogP contribution in [0.1, 0.15) is 93.6 Å². The highest BCUT2D eigenvalue weighted by atomic mass is 35.5. The number of halogens is 1. The van der Waals surface area contributed by atoms with Crippen LogP contribution in [0.2, 0.25) is 5.02 Å². The summed E-state index contributed by atoms with van der Waals surface area (Å²) in [6, 6.07) is 29.8. The number of aromatic amines is 4. The van der Waals surface area contributed by atoms with Crippen LogP contribution >= 0.6 is 11.6 Å². The van der Waals surface area contributed by atoms with Gasteiger partial charge in [0.25, 0.3) is 46.8 Å². The van der Waals surface area contributed by atoms with Gasteiger partial charge in [0.05, 0.1) is 169 Å². The molecule has 0 radical (unpaired) electrons. The lowest BCUT2D eigenvalue weighted by Crippen LogP contribution is -2.42. The number of phenols is 1. The number of hydrogen-bond acceptors (Lipinski definition) is 34. The SMILES string of the molecule is COc1ccccc1-c1nnc2n1CCN(C(=O)C(=O)c1c[nH]c3c(-n4cnc(C)n4)ncc(OC)c13)C2.COc1cnc(-n2cnc(C)n2)c2[nH]cc(C(=O)C(=O)N3CCn4c(nnc4-c4cccc(C)c4)C3)c12.COc1cnc(-n2cnc(C)n2)c2[nH]cc(C(=O)C(=O)N3CCn4c(nnc4-c4ccccc4Cl)C3)c12.COc1cnc(-n2cnc(C)n2)c2[nH]cc(C(=O)C(=O)N3CCn4c(nnc4-c4ccccc4O)C3)c12. The summed E-state index contributed by atoms with van der Waals surface area (Å²) in [4.78, 5) is 159. The van der Waals surface area contributed by atoms with Gasteiger partial charge < -0.3 is 86.6 Å². The van der Waals surface area contributed by atoms with E-state index in [1.54, 1.807) is 65.1 Å². The first-order valence-corrected chi connectivity index (χ1v) is 46.7. The third-order valence-corrected chi connectivity index (χ3v) is 25.9. The van der Waals surface area contributed by atoms with Crippen LogP contribution in [0.3, 0.4) is 0 Å². The van der Waals surface area contributed by atoms with Crippen molar-refractivity contribution in [1.29, 1.82) is 0 Å². The fraction of sp³-hybridized carbons (Fsp3) is 0.224. The largest absolute Gasteiger partial charge is 0.507 e. The number of pyridine rings is 4. The molecule has 0 fully saturated rings. The fourth-order valence-corrected chi connectivity index (χ4v) is 18.5. The third-order valence-electron chi connectivity index (χ3n) is 25.6. The first-order chi connectivity index (χ1) is 72.3. The normalized spacial score (nSPS) is 13.1. The first kappa shape index (κ1) is 95.6. The number of Topliss-reactive ketones (excluding diaryl/α,β-unsaturated/α-hetero) is 4. The number of nitrogens with one attached hydrogen (secondary N) is 4. The second-order valence-electron chi connectivity index (χ2n) is 34.5. The van der Waals surface area contributed by atoms with Gasteiger partial charge in [0.15, 0.2) is 69.9 Å². The maximum Gasteiger partial charge on any atom is 0.295 e. The zero-order valence-corrected chi connectivity index (χ0v) is 81.9. The lowest BCUT2D eigenvalue weighted by atomic mass is 10.1. The second-order valence-corrected chi connectivity index (χ2v) is 34.9. The molecule has 20 heterocycles. The van der Waals surface area contributed by atoms with Crippen molar-refractivity contribution in [2.45, 2.75) is 87.0 Å². The van der Waals surface area contributed by atoms with E-state index in [4.69, 9.17) is 35.3 Å². The quantitative estimate of drug-likeness (QED) is 0.0332. The number of benzene rings is 4. The van der Waals surface area contributed by atoms with E-state index in [2.05, 4.69) is 121 Å². The van der Waals surface area contributed by atoms with Gasteiger partial charge in [-0.3, -0.25) is 38.4 Å². The van der Waals surface area contributed by atoms with Crippen LogP contribution in [0.15, 0.2) is 172 Å². The molecule has 0 unspecified atom stereocenters. The van der Waals surface area contributed by atoms with Gasteiger partial charge in [-0.15, -0.1) is 40.8 Å². The van der Waals surface area contributed by atoms with Crippen molar-refractivity contribution in [1.82, 2.24) is 178 Å². The number of amides is 4. The van der Waals surface area contributed by atoms with Gasteiger partial charge in [-0.1, -0.05) is 71.8 Å². The molecule has 0 aliphatic carbocycles. The summed E-state index contributed by atoms with van der Waals surface area (Å²) in [5.74, 6) is 5.82. The highest BCUT2D eigenvalue weighted by molar-refractivity contribution is 6.47. The standard InChI is InChI=1S/C25H23N9O4.C25H23N9O3.C24H20ClN9O3.C24H21N9O4/c1-14-28-13-34(31-14)24-21-20(18(38-3)11-27-24)16(10-26-21)22(35)25(36)32-8-9-33-19(12-32)29-30-23(33)15-6-4-5-7-17(15)37-2;1-14-5-4-6-16(9-14)23-30-29-19-12-32(7-8-33(19)23)25(36)22(35)17-10-26-21-20(17)18(37-3)11-27-24(21)34-13-28-15(2)31-34;1-13-28-12-34(31-13)23-20-19(17(37-2)10-27-23)15(9-26-20)21(35)24(36)32-7-8-33-18(11-32)29-30-22(33)14-5-3-4-6-16(14)25;1-13-27-12-33(30-13)23-20-19(17(37-2)10-26-23)15(9-25-20)21(35)24(36)31-7-8-32-18(11-31)28-29-22(32)14-5-3-4-6-16(14)34/h4-7,10-11,13,26H,8-9,12H2,1-3H3;4-6,9-11,13,26H,7-8,12H2,1-3H3;3-6,9-10,12,26H,7-8,11H2,1-2H3;3-6,9-10,12,25,34H,7-8,11H2,1-2H3. The molecule has 0 bridgehead atoms. The number of ether oxygens (including phenoxy) is 5. The van der Waals surface area contributed by atoms with E-state index in [1.165, 1.54) is 142 Å². The van der Waals surface area contributed by atoms with Crippen molar-refractivity contribution < 1.29 is 67.1 Å². The van der Waals surface area contributed by atoms with Crippen LogP contribution in [0.25, 0.3) is 112 Å². The number of H-pyrrole nitrogens is 4. The highest BCUT2D eigenvalue weighted by Crippen LogP contribution is 2.41. The summed E-state index contributed by atoms with van der Waals surface area (Å²) in [6.45, 7) is 12.7. The number of nitrogens with zero attached hydrogens (tertiary/aromatic N) is 32. The summed E-state index contributed by atoms with van der Waals surface area (Å²) in [7, 11) is 7.52. The number of aromatic nitrogens is 32. The molecule has 51 heteroatoms. The number of ketones is 4. The smallest absolute Gasteiger partial charge is 0.295 e. The number of rotatable bonds is 21. The molecule has 0 saturated carbocycles. The number of phenolic OH excluding ortho intramolecular Hbond substituents is 1. The minimum Gasteiger partial charge on any atom is -0.507 e. The average Bonchev–Trinajstić information content (AvgIpc) is 1.62. The van der Waals surface area contributed by atoms with E-state index in [0.717, 1.165) is 28.1 Å². The molecule has 4 aliphatic heterocycles. The first-order valence-electron chi connectivity index (χ1n) is 46.3. The third kappa shape index (κ3) is 17.6. The Morgan fingerprint density at radius 2 is 0.617 bits per heavy atom. The van der Waals surface area contributed by atoms with Crippen molar-refractivity contribution in [3.05, 3.63) is 251 Å². The van der Waals surface area contributed by atoms with Gasteiger partial charge in [-0.05, 0) is 77.1 Å². The number of hydrogen-bond donors (Lipinski definition) is 5. The number of aromatic hydroxyl groups is 1. The van der Waals surface area contributed by atoms with Crippen LogP contribution in [0, 0.1) is 34.6 Å². The Labute approximate surface area is 845 Å². The summed E-state index contributed by atoms with van der Waals surface area (Å²) >= 11 is 6.34. The molecule has 5 N–H and O–H groups in total. The van der Waals surface area contributed by atoms with Crippen molar-refractivity contribution in [2.24, 2.45) is 0 Å². The van der Waals surface area contributed by atoms with Gasteiger partial charge in [-0.25, -0.2) is 58.6 Å². The maximum absolute atomic E-state index is 13.5. The fourth-order valence-electron chi connectivity index (χ4n) is 18.3. The zero-order valence-electron chi connectivity index (χ0n) is 81.1. The molecule has 4 aromatic carbocycles. The van der Waals surface area contributed by atoms with Crippen LogP contribution in [-0.2, 0) is 71.5 Å². The Kier molecular flexibility index (Phi) is 25.4. The molecule has 4 aliphatic rings. The molecule has 16 aromatic heterocycles.